The minimum atomic E-state index is -5.06. The molecular formula is C21H17BrF7NO2. The van der Waals surface area contributed by atoms with Crippen molar-refractivity contribution in [3.63, 3.8) is 0 Å². The van der Waals surface area contributed by atoms with Crippen LogP contribution in [0.15, 0.2) is 40.9 Å². The molecule has 1 fully saturated rings. The molecule has 0 bridgehead atoms. The average molecular weight is 528 g/mol. The van der Waals surface area contributed by atoms with Crippen LogP contribution in [0.25, 0.3) is 0 Å². The first-order chi connectivity index (χ1) is 14.8. The maximum absolute atomic E-state index is 13.6. The molecule has 0 aliphatic carbocycles. The van der Waals surface area contributed by atoms with E-state index in [4.69, 9.17) is 0 Å². The third-order valence-electron chi connectivity index (χ3n) is 5.54. The number of benzene rings is 2. The molecule has 1 heterocycles. The van der Waals surface area contributed by atoms with Gasteiger partial charge in [-0.25, -0.2) is 4.39 Å². The van der Waals surface area contributed by atoms with Crippen molar-refractivity contribution in [2.45, 2.75) is 30.7 Å². The maximum Gasteiger partial charge on any atom is 0.416 e. The number of halogens is 8. The summed E-state index contributed by atoms with van der Waals surface area (Å²) in [5.74, 6) is -2.37. The van der Waals surface area contributed by atoms with Crippen molar-refractivity contribution in [2.24, 2.45) is 5.92 Å². The fraction of sp³-hybridized carbons (Fsp3) is 0.381. The topological polar surface area (TPSA) is 49.3 Å². The second-order valence-corrected chi connectivity index (χ2v) is 8.48. The lowest BCUT2D eigenvalue weighted by Gasteiger charge is -2.30. The predicted octanol–water partition coefficient (Wildman–Crippen LogP) is 5.70. The quantitative estimate of drug-likeness (QED) is 0.387. The van der Waals surface area contributed by atoms with Gasteiger partial charge in [-0.3, -0.25) is 4.79 Å². The van der Waals surface area contributed by atoms with E-state index in [1.54, 1.807) is 0 Å². The molecule has 3 nitrogen and oxygen atoms in total. The zero-order valence-corrected chi connectivity index (χ0v) is 17.8. The number of alkyl halides is 6. The number of hydrogen-bond donors (Lipinski definition) is 2. The Morgan fingerprint density at radius 1 is 1.06 bits per heavy atom. The van der Waals surface area contributed by atoms with Gasteiger partial charge in [-0.2, -0.15) is 26.3 Å². The van der Waals surface area contributed by atoms with Crippen LogP contribution in [0.2, 0.25) is 0 Å². The van der Waals surface area contributed by atoms with Crippen LogP contribution in [0.5, 0.6) is 0 Å². The lowest BCUT2D eigenvalue weighted by atomic mass is 9.81. The molecule has 2 N–H and O–H groups in total. The van der Waals surface area contributed by atoms with Gasteiger partial charge in [-0.15, -0.1) is 0 Å². The van der Waals surface area contributed by atoms with Crippen molar-refractivity contribution in [1.29, 1.82) is 0 Å². The Morgan fingerprint density at radius 3 is 2.16 bits per heavy atom. The molecule has 11 heteroatoms. The first kappa shape index (κ1) is 24.7. The fourth-order valence-corrected chi connectivity index (χ4v) is 4.32. The molecule has 0 saturated carbocycles. The Hall–Kier alpha value is -1.98. The number of carbonyl (C=O) groups excluding carboxylic acids is 1. The minimum Gasteiger partial charge on any atom is -0.396 e. The number of aliphatic hydroxyl groups excluding tert-OH is 1. The van der Waals surface area contributed by atoms with Crippen LogP contribution in [-0.2, 0) is 17.9 Å². The number of Topliss-reactive ketones (excluding diaryl/α,β-unsaturated/α-hetero) is 1. The Bertz CT molecular complexity index is 990. The molecule has 0 amide bonds. The molecule has 1 saturated heterocycles. The zero-order valence-electron chi connectivity index (χ0n) is 16.2. The smallest absolute Gasteiger partial charge is 0.396 e. The number of rotatable bonds is 5. The van der Waals surface area contributed by atoms with E-state index in [0.717, 1.165) is 0 Å². The van der Waals surface area contributed by atoms with E-state index in [-0.39, 0.29) is 36.5 Å². The second kappa shape index (κ2) is 8.75. The molecular weight excluding hydrogens is 511 g/mol. The highest BCUT2D eigenvalue weighted by atomic mass is 79.9. The summed E-state index contributed by atoms with van der Waals surface area (Å²) < 4.78 is 92.6. The van der Waals surface area contributed by atoms with Gasteiger partial charge in [0.1, 0.15) is 5.82 Å². The molecule has 2 atom stereocenters. The van der Waals surface area contributed by atoms with E-state index in [1.165, 1.54) is 18.2 Å². The summed E-state index contributed by atoms with van der Waals surface area (Å²) in [6.45, 7) is -0.351. The molecule has 174 valence electrons. The third-order valence-corrected chi connectivity index (χ3v) is 6.14. The van der Waals surface area contributed by atoms with Crippen molar-refractivity contribution < 1.29 is 40.6 Å². The number of aliphatic hydroxyl groups is 1. The van der Waals surface area contributed by atoms with Crippen LogP contribution in [0.3, 0.4) is 0 Å². The van der Waals surface area contributed by atoms with Gasteiger partial charge >= 0.3 is 12.4 Å². The van der Waals surface area contributed by atoms with Crippen molar-refractivity contribution >= 4 is 21.7 Å². The van der Waals surface area contributed by atoms with Gasteiger partial charge in [0.25, 0.3) is 0 Å². The van der Waals surface area contributed by atoms with Gasteiger partial charge in [0.05, 0.1) is 15.6 Å². The molecule has 0 unspecified atom stereocenters. The molecule has 1 aliphatic rings. The second-order valence-electron chi connectivity index (χ2n) is 7.63. The highest BCUT2D eigenvalue weighted by Crippen LogP contribution is 2.41. The summed E-state index contributed by atoms with van der Waals surface area (Å²) in [5, 5.41) is 12.6. The van der Waals surface area contributed by atoms with E-state index >= 15 is 0 Å². The normalized spacial score (nSPS) is 21.7. The number of ketones is 1. The van der Waals surface area contributed by atoms with Crippen LogP contribution in [0, 0.1) is 11.7 Å². The Labute approximate surface area is 186 Å². The molecule has 1 aliphatic heterocycles. The van der Waals surface area contributed by atoms with Crippen molar-refractivity contribution in [2.75, 3.05) is 13.2 Å². The molecule has 3 rings (SSSR count). The SMILES string of the molecule is O=C(c1cc(C(F)(F)F)cc(C(F)(F)F)c1)[C@H]1CN[C@](CCO)(c2ccc(F)c(Br)c2)C1. The Morgan fingerprint density at radius 2 is 1.66 bits per heavy atom. The van der Waals surface area contributed by atoms with Gasteiger partial charge in [-0.1, -0.05) is 6.07 Å². The Kier molecular flexibility index (Phi) is 6.74. The molecule has 0 radical (unpaired) electrons. The average Bonchev–Trinajstić information content (AvgIpc) is 3.13. The van der Waals surface area contributed by atoms with Crippen LogP contribution >= 0.6 is 15.9 Å². The highest BCUT2D eigenvalue weighted by molar-refractivity contribution is 9.10. The standard InChI is InChI=1S/C21H17BrF7NO2/c22-16-8-13(1-2-17(16)23)19(3-4-31)9-12(10-30-19)18(32)11-5-14(20(24,25)26)7-15(6-11)21(27,28)29/h1-2,5-8,12,30-31H,3-4,9-10H2/t12-,19+/m1/s1. The molecule has 0 aromatic heterocycles. The third kappa shape index (κ3) is 4.99. The van der Waals surface area contributed by atoms with Gasteiger partial charge in [0.2, 0.25) is 0 Å². The summed E-state index contributed by atoms with van der Waals surface area (Å²) in [5.41, 5.74) is -4.30. The van der Waals surface area contributed by atoms with Gasteiger partial charge < -0.3 is 10.4 Å². The minimum absolute atomic E-state index is 0.00205. The molecule has 32 heavy (non-hydrogen) atoms. The van der Waals surface area contributed by atoms with E-state index < -0.39 is 52.1 Å². The van der Waals surface area contributed by atoms with Crippen LogP contribution in [-0.4, -0.2) is 24.0 Å². The van der Waals surface area contributed by atoms with Gasteiger partial charge in [0.15, 0.2) is 5.78 Å². The first-order valence-corrected chi connectivity index (χ1v) is 10.2. The Balaban J connectivity index is 1.97. The van der Waals surface area contributed by atoms with Crippen LogP contribution in [0.1, 0.15) is 39.9 Å². The van der Waals surface area contributed by atoms with E-state index in [0.29, 0.717) is 17.7 Å². The van der Waals surface area contributed by atoms with E-state index in [2.05, 4.69) is 21.2 Å². The van der Waals surface area contributed by atoms with Crippen molar-refractivity contribution in [3.05, 3.63) is 68.9 Å². The van der Waals surface area contributed by atoms with E-state index in [1.807, 2.05) is 0 Å². The van der Waals surface area contributed by atoms with Crippen LogP contribution in [0.4, 0.5) is 30.7 Å². The van der Waals surface area contributed by atoms with Gasteiger partial charge in [0, 0.05) is 30.2 Å². The summed E-state index contributed by atoms with van der Waals surface area (Å²) >= 11 is 3.06. The molecule has 2 aromatic carbocycles. The van der Waals surface area contributed by atoms with Crippen LogP contribution < -0.4 is 5.32 Å². The lowest BCUT2D eigenvalue weighted by molar-refractivity contribution is -0.143. The largest absolute Gasteiger partial charge is 0.416 e. The van der Waals surface area contributed by atoms with E-state index in [9.17, 15) is 40.6 Å². The fourth-order valence-electron chi connectivity index (χ4n) is 3.94. The number of nitrogens with one attached hydrogen (secondary N) is 1. The van der Waals surface area contributed by atoms with Gasteiger partial charge in [-0.05, 0) is 64.7 Å². The summed E-state index contributed by atoms with van der Waals surface area (Å²) in [6.07, 6.45) is -10.0. The number of hydrogen-bond acceptors (Lipinski definition) is 3. The monoisotopic (exact) mass is 527 g/mol. The molecule has 2 aromatic rings. The summed E-state index contributed by atoms with van der Waals surface area (Å²) in [4.78, 5) is 12.9. The van der Waals surface area contributed by atoms with Crippen molar-refractivity contribution in [1.82, 2.24) is 5.32 Å². The first-order valence-electron chi connectivity index (χ1n) is 9.42. The zero-order chi connectivity index (χ0) is 23.9. The highest BCUT2D eigenvalue weighted by Gasteiger charge is 2.44. The predicted molar refractivity (Wildman–Crippen MR) is 104 cm³/mol. The maximum atomic E-state index is 13.6. The number of carbonyl (C=O) groups is 1. The molecule has 0 spiro atoms. The van der Waals surface area contributed by atoms with Crippen molar-refractivity contribution in [3.8, 4) is 0 Å². The lowest BCUT2D eigenvalue weighted by Crippen LogP contribution is -2.37. The summed E-state index contributed by atoms with van der Waals surface area (Å²) in [6, 6.07) is 4.88. The summed E-state index contributed by atoms with van der Waals surface area (Å²) in [7, 11) is 0.